The Morgan fingerprint density at radius 2 is 2.00 bits per heavy atom. The molecule has 1 unspecified atom stereocenters. The molecule has 0 aromatic heterocycles. The predicted molar refractivity (Wildman–Crippen MR) is 90.3 cm³/mol. The Balaban J connectivity index is 2.36. The molecule has 1 rings (SSSR count). The van der Waals surface area contributed by atoms with Gasteiger partial charge in [0.1, 0.15) is 5.75 Å². The smallest absolute Gasteiger partial charge is 0.119 e. The zero-order valence-corrected chi connectivity index (χ0v) is 14.4. The van der Waals surface area contributed by atoms with Gasteiger partial charge in [-0.3, -0.25) is 0 Å². The van der Waals surface area contributed by atoms with Gasteiger partial charge in [0.15, 0.2) is 0 Å². The van der Waals surface area contributed by atoms with Crippen LogP contribution in [0.15, 0.2) is 41.4 Å². The van der Waals surface area contributed by atoms with Crippen molar-refractivity contribution in [2.75, 3.05) is 19.7 Å². The Bertz CT molecular complexity index is 402. The minimum Gasteiger partial charge on any atom is -0.494 e. The second-order valence-electron chi connectivity index (χ2n) is 5.94. The second-order valence-corrected chi connectivity index (χ2v) is 6.85. The van der Waals surface area contributed by atoms with E-state index in [-0.39, 0.29) is 5.41 Å². The molecule has 1 aromatic carbocycles. The molecule has 0 saturated carbocycles. The monoisotopic (exact) mass is 339 g/mol. The summed E-state index contributed by atoms with van der Waals surface area (Å²) in [7, 11) is 0. The van der Waals surface area contributed by atoms with Gasteiger partial charge in [-0.25, -0.2) is 0 Å². The Labute approximate surface area is 131 Å². The first-order valence-electron chi connectivity index (χ1n) is 7.18. The molecule has 1 aromatic rings. The van der Waals surface area contributed by atoms with Gasteiger partial charge in [-0.15, -0.1) is 6.58 Å². The Hall–Kier alpha value is -0.800. The van der Waals surface area contributed by atoms with E-state index in [9.17, 15) is 0 Å². The van der Waals surface area contributed by atoms with Crippen LogP contribution in [0.4, 0.5) is 0 Å². The van der Waals surface area contributed by atoms with Crippen molar-refractivity contribution in [3.05, 3.63) is 41.4 Å². The van der Waals surface area contributed by atoms with Crippen molar-refractivity contribution in [3.8, 4) is 5.75 Å². The van der Waals surface area contributed by atoms with E-state index < -0.39 is 0 Å². The summed E-state index contributed by atoms with van der Waals surface area (Å²) in [5, 5.41) is 3.50. The number of hydrogen-bond donors (Lipinski definition) is 1. The van der Waals surface area contributed by atoms with Gasteiger partial charge in [0, 0.05) is 16.4 Å². The summed E-state index contributed by atoms with van der Waals surface area (Å²) in [6.07, 6.45) is 2.99. The first kappa shape index (κ1) is 17.3. The van der Waals surface area contributed by atoms with Crippen molar-refractivity contribution >= 4 is 15.9 Å². The molecule has 3 heteroatoms. The summed E-state index contributed by atoms with van der Waals surface area (Å²) in [6.45, 7) is 13.3. The molecular weight excluding hydrogens is 314 g/mol. The third kappa shape index (κ3) is 6.58. The van der Waals surface area contributed by atoms with Crippen LogP contribution in [0.3, 0.4) is 0 Å². The van der Waals surface area contributed by atoms with Crippen molar-refractivity contribution in [1.82, 2.24) is 5.32 Å². The molecule has 0 fully saturated rings. The molecule has 112 valence electrons. The van der Waals surface area contributed by atoms with Crippen LogP contribution in [0, 0.1) is 11.3 Å². The van der Waals surface area contributed by atoms with E-state index in [2.05, 4.69) is 48.6 Å². The molecule has 0 amide bonds. The number of hydrogen-bond acceptors (Lipinski definition) is 2. The van der Waals surface area contributed by atoms with Gasteiger partial charge in [0.05, 0.1) is 6.61 Å². The van der Waals surface area contributed by atoms with Crippen LogP contribution in [0.25, 0.3) is 0 Å². The predicted octanol–water partition coefficient (Wildman–Crippen LogP) is 4.66. The number of halogens is 1. The molecule has 1 atom stereocenters. The third-order valence-electron chi connectivity index (χ3n) is 3.33. The SMILES string of the molecule is C=CC(C)(CCOc1ccc(Br)cc1)CNCC(C)C. The highest BCUT2D eigenvalue weighted by Crippen LogP contribution is 2.23. The van der Waals surface area contributed by atoms with Gasteiger partial charge >= 0.3 is 0 Å². The Morgan fingerprint density at radius 3 is 2.55 bits per heavy atom. The summed E-state index contributed by atoms with van der Waals surface area (Å²) in [4.78, 5) is 0. The third-order valence-corrected chi connectivity index (χ3v) is 3.86. The standard InChI is InChI=1S/C17H26BrNO/c1-5-17(4,13-19-12-14(2)3)10-11-20-16-8-6-15(18)7-9-16/h5-9,14,19H,1,10-13H2,2-4H3. The van der Waals surface area contributed by atoms with Crippen LogP contribution in [-0.2, 0) is 0 Å². The summed E-state index contributed by atoms with van der Waals surface area (Å²) < 4.78 is 6.86. The van der Waals surface area contributed by atoms with E-state index in [0.29, 0.717) is 12.5 Å². The zero-order valence-electron chi connectivity index (χ0n) is 12.8. The van der Waals surface area contributed by atoms with Crippen molar-refractivity contribution in [2.45, 2.75) is 27.2 Å². The van der Waals surface area contributed by atoms with E-state index >= 15 is 0 Å². The molecule has 0 bridgehead atoms. The maximum atomic E-state index is 5.79. The van der Waals surface area contributed by atoms with Crippen LogP contribution in [0.5, 0.6) is 5.75 Å². The van der Waals surface area contributed by atoms with Gasteiger partial charge in [-0.1, -0.05) is 42.8 Å². The minimum atomic E-state index is 0.0737. The summed E-state index contributed by atoms with van der Waals surface area (Å²) in [5.41, 5.74) is 0.0737. The number of benzene rings is 1. The van der Waals surface area contributed by atoms with Gasteiger partial charge in [0.2, 0.25) is 0 Å². The van der Waals surface area contributed by atoms with E-state index in [1.165, 1.54) is 0 Å². The van der Waals surface area contributed by atoms with Crippen molar-refractivity contribution < 1.29 is 4.74 Å². The average molecular weight is 340 g/mol. The van der Waals surface area contributed by atoms with E-state index in [1.54, 1.807) is 0 Å². The molecule has 1 N–H and O–H groups in total. The van der Waals surface area contributed by atoms with E-state index in [1.807, 2.05) is 30.3 Å². The zero-order chi connectivity index (χ0) is 15.0. The molecule has 0 heterocycles. The maximum Gasteiger partial charge on any atom is 0.119 e. The van der Waals surface area contributed by atoms with Crippen LogP contribution >= 0.6 is 15.9 Å². The largest absolute Gasteiger partial charge is 0.494 e. The highest BCUT2D eigenvalue weighted by molar-refractivity contribution is 9.10. The van der Waals surface area contributed by atoms with E-state index in [4.69, 9.17) is 4.74 Å². The van der Waals surface area contributed by atoms with Gasteiger partial charge < -0.3 is 10.1 Å². The average Bonchev–Trinajstić information content (AvgIpc) is 2.41. The van der Waals surface area contributed by atoms with Crippen LogP contribution < -0.4 is 10.1 Å². The molecule has 0 aliphatic carbocycles. The number of nitrogens with one attached hydrogen (secondary N) is 1. The fourth-order valence-corrected chi connectivity index (χ4v) is 2.11. The second kappa shape index (κ2) is 8.48. The summed E-state index contributed by atoms with van der Waals surface area (Å²) >= 11 is 3.42. The Morgan fingerprint density at radius 1 is 1.35 bits per heavy atom. The van der Waals surface area contributed by atoms with Crippen molar-refractivity contribution in [1.29, 1.82) is 0 Å². The molecule has 0 saturated heterocycles. The maximum absolute atomic E-state index is 5.79. The van der Waals surface area contributed by atoms with Crippen LogP contribution in [-0.4, -0.2) is 19.7 Å². The fourth-order valence-electron chi connectivity index (χ4n) is 1.84. The lowest BCUT2D eigenvalue weighted by Gasteiger charge is -2.26. The molecule has 2 nitrogen and oxygen atoms in total. The number of rotatable bonds is 9. The van der Waals surface area contributed by atoms with Gasteiger partial charge in [-0.2, -0.15) is 0 Å². The van der Waals surface area contributed by atoms with Crippen LogP contribution in [0.2, 0.25) is 0 Å². The first-order chi connectivity index (χ1) is 9.45. The molecule has 20 heavy (non-hydrogen) atoms. The molecule has 0 spiro atoms. The minimum absolute atomic E-state index is 0.0737. The van der Waals surface area contributed by atoms with Crippen LogP contribution in [0.1, 0.15) is 27.2 Å². The molecule has 0 aliphatic rings. The molecule has 0 radical (unpaired) electrons. The lowest BCUT2D eigenvalue weighted by molar-refractivity contribution is 0.243. The first-order valence-corrected chi connectivity index (χ1v) is 7.97. The topological polar surface area (TPSA) is 21.3 Å². The quantitative estimate of drug-likeness (QED) is 0.661. The lowest BCUT2D eigenvalue weighted by atomic mass is 9.87. The molecular formula is C17H26BrNO. The normalized spacial score (nSPS) is 14.1. The lowest BCUT2D eigenvalue weighted by Crippen LogP contribution is -2.33. The Kier molecular flexibility index (Phi) is 7.31. The van der Waals surface area contributed by atoms with Gasteiger partial charge in [0.25, 0.3) is 0 Å². The van der Waals surface area contributed by atoms with Crippen molar-refractivity contribution in [3.63, 3.8) is 0 Å². The summed E-state index contributed by atoms with van der Waals surface area (Å²) in [5.74, 6) is 1.58. The molecule has 0 aliphatic heterocycles. The van der Waals surface area contributed by atoms with Crippen molar-refractivity contribution in [2.24, 2.45) is 11.3 Å². The number of ether oxygens (including phenoxy) is 1. The van der Waals surface area contributed by atoms with Gasteiger partial charge in [-0.05, 0) is 43.1 Å². The highest BCUT2D eigenvalue weighted by Gasteiger charge is 2.19. The summed E-state index contributed by atoms with van der Waals surface area (Å²) in [6, 6.07) is 7.94. The fraction of sp³-hybridized carbons (Fsp3) is 0.529. The van der Waals surface area contributed by atoms with E-state index in [0.717, 1.165) is 29.7 Å². The highest BCUT2D eigenvalue weighted by atomic mass is 79.9.